The highest BCUT2D eigenvalue weighted by molar-refractivity contribution is 6.34. The molecule has 0 bridgehead atoms. The van der Waals surface area contributed by atoms with E-state index in [2.05, 4.69) is 5.32 Å². The van der Waals surface area contributed by atoms with Gasteiger partial charge in [-0.15, -0.1) is 0 Å². The van der Waals surface area contributed by atoms with Crippen molar-refractivity contribution in [3.63, 3.8) is 0 Å². The van der Waals surface area contributed by atoms with Crippen molar-refractivity contribution in [1.82, 2.24) is 0 Å². The molecule has 1 aliphatic rings. The van der Waals surface area contributed by atoms with Gasteiger partial charge in [-0.1, -0.05) is 29.3 Å². The molecule has 0 saturated carbocycles. The number of amides is 2. The number of nitro groups is 1. The lowest BCUT2D eigenvalue weighted by atomic mass is 10.1. The number of hydrogen-bond acceptors (Lipinski definition) is 6. The number of aryl methyl sites for hydroxylation is 1. The maximum atomic E-state index is 12.5. The number of nitrogens with zero attached hydrogens (tertiary/aromatic N) is 2. The topological polar surface area (TPSA) is 119 Å². The SMILES string of the molecule is Cc1ccc(N2CC(C(=O)OC(C)C(=O)Nc3ccc([N+](=O)[O-])cc3Cl)CC2=O)cc1. The molecule has 2 atom stereocenters. The Labute approximate surface area is 183 Å². The van der Waals surface area contributed by atoms with Crippen LogP contribution >= 0.6 is 11.6 Å². The fourth-order valence-electron chi connectivity index (χ4n) is 3.12. The summed E-state index contributed by atoms with van der Waals surface area (Å²) in [6.07, 6.45) is -1.16. The summed E-state index contributed by atoms with van der Waals surface area (Å²) >= 11 is 5.96. The molecule has 10 heteroatoms. The molecule has 2 aromatic carbocycles. The Bertz CT molecular complexity index is 1040. The number of carbonyl (C=O) groups is 3. The molecule has 1 N–H and O–H groups in total. The van der Waals surface area contributed by atoms with E-state index in [1.54, 1.807) is 0 Å². The van der Waals surface area contributed by atoms with Crippen LogP contribution in [0.25, 0.3) is 0 Å². The van der Waals surface area contributed by atoms with Gasteiger partial charge in [0, 0.05) is 30.8 Å². The van der Waals surface area contributed by atoms with Crippen LogP contribution in [0.4, 0.5) is 17.1 Å². The van der Waals surface area contributed by atoms with Gasteiger partial charge in [-0.05, 0) is 32.0 Å². The predicted molar refractivity (Wildman–Crippen MR) is 114 cm³/mol. The zero-order valence-corrected chi connectivity index (χ0v) is 17.6. The molecule has 0 aromatic heterocycles. The summed E-state index contributed by atoms with van der Waals surface area (Å²) in [4.78, 5) is 48.9. The largest absolute Gasteiger partial charge is 0.452 e. The van der Waals surface area contributed by atoms with Gasteiger partial charge in [0.05, 0.1) is 21.6 Å². The predicted octanol–water partition coefficient (Wildman–Crippen LogP) is 3.48. The minimum atomic E-state index is -1.15. The van der Waals surface area contributed by atoms with Gasteiger partial charge in [0.25, 0.3) is 11.6 Å². The van der Waals surface area contributed by atoms with E-state index in [9.17, 15) is 24.5 Å². The quantitative estimate of drug-likeness (QED) is 0.413. The Morgan fingerprint density at radius 1 is 1.26 bits per heavy atom. The average molecular weight is 446 g/mol. The second-order valence-electron chi connectivity index (χ2n) is 7.23. The van der Waals surface area contributed by atoms with Crippen molar-refractivity contribution in [2.75, 3.05) is 16.8 Å². The van der Waals surface area contributed by atoms with E-state index in [1.807, 2.05) is 31.2 Å². The summed E-state index contributed by atoms with van der Waals surface area (Å²) in [5, 5.41) is 13.2. The highest BCUT2D eigenvalue weighted by Crippen LogP contribution is 2.28. The molecule has 2 aromatic rings. The monoisotopic (exact) mass is 445 g/mol. The highest BCUT2D eigenvalue weighted by atomic mass is 35.5. The van der Waals surface area contributed by atoms with Crippen LogP contribution in [-0.2, 0) is 19.1 Å². The first kappa shape index (κ1) is 22.2. The molecule has 31 heavy (non-hydrogen) atoms. The molecule has 0 spiro atoms. The zero-order chi connectivity index (χ0) is 22.7. The Kier molecular flexibility index (Phi) is 6.55. The molecule has 162 valence electrons. The molecule has 1 aliphatic heterocycles. The van der Waals surface area contributed by atoms with Crippen LogP contribution in [0.3, 0.4) is 0 Å². The minimum absolute atomic E-state index is 0.00473. The summed E-state index contributed by atoms with van der Waals surface area (Å²) in [5.74, 6) is -2.18. The van der Waals surface area contributed by atoms with E-state index in [1.165, 1.54) is 24.0 Å². The molecule has 1 heterocycles. The minimum Gasteiger partial charge on any atom is -0.452 e. The normalized spacial score (nSPS) is 16.7. The van der Waals surface area contributed by atoms with Crippen molar-refractivity contribution >= 4 is 46.4 Å². The first-order valence-corrected chi connectivity index (χ1v) is 9.86. The van der Waals surface area contributed by atoms with E-state index in [0.29, 0.717) is 5.69 Å². The smallest absolute Gasteiger partial charge is 0.312 e. The number of esters is 1. The number of hydrogen-bond donors (Lipinski definition) is 1. The number of anilines is 2. The summed E-state index contributed by atoms with van der Waals surface area (Å²) in [7, 11) is 0. The van der Waals surface area contributed by atoms with Crippen LogP contribution in [0, 0.1) is 23.0 Å². The van der Waals surface area contributed by atoms with Gasteiger partial charge >= 0.3 is 5.97 Å². The Hall–Kier alpha value is -3.46. The van der Waals surface area contributed by atoms with E-state index in [4.69, 9.17) is 16.3 Å². The molecule has 2 amide bonds. The number of benzene rings is 2. The zero-order valence-electron chi connectivity index (χ0n) is 16.8. The molecular weight excluding hydrogens is 426 g/mol. The summed E-state index contributed by atoms with van der Waals surface area (Å²) in [5.41, 5.74) is 1.69. The van der Waals surface area contributed by atoms with Crippen molar-refractivity contribution in [2.24, 2.45) is 5.92 Å². The molecular formula is C21H20ClN3O6. The van der Waals surface area contributed by atoms with Crippen molar-refractivity contribution < 1.29 is 24.0 Å². The first-order chi connectivity index (χ1) is 14.7. The Morgan fingerprint density at radius 2 is 1.94 bits per heavy atom. The summed E-state index contributed by atoms with van der Waals surface area (Å²) in [6.45, 7) is 3.50. The van der Waals surface area contributed by atoms with Crippen molar-refractivity contribution in [3.8, 4) is 0 Å². The van der Waals surface area contributed by atoms with Gasteiger partial charge < -0.3 is 15.0 Å². The number of nitro benzene ring substituents is 1. The van der Waals surface area contributed by atoms with Crippen LogP contribution in [0.2, 0.25) is 5.02 Å². The van der Waals surface area contributed by atoms with Gasteiger partial charge in [-0.2, -0.15) is 0 Å². The van der Waals surface area contributed by atoms with Gasteiger partial charge in [-0.25, -0.2) is 0 Å². The van der Waals surface area contributed by atoms with E-state index in [0.717, 1.165) is 11.6 Å². The first-order valence-electron chi connectivity index (χ1n) is 9.48. The standard InChI is InChI=1S/C21H20ClN3O6/c1-12-3-5-15(6-4-12)24-11-14(9-19(24)26)21(28)31-13(2)20(27)23-18-8-7-16(25(29)30)10-17(18)22/h3-8,10,13-14H,9,11H2,1-2H3,(H,23,27). The van der Waals surface area contributed by atoms with Crippen LogP contribution in [0.1, 0.15) is 18.9 Å². The average Bonchev–Trinajstić information content (AvgIpc) is 3.11. The molecule has 1 saturated heterocycles. The molecule has 0 aliphatic carbocycles. The van der Waals surface area contributed by atoms with Crippen LogP contribution in [0.5, 0.6) is 0 Å². The lowest BCUT2D eigenvalue weighted by Crippen LogP contribution is -2.33. The van der Waals surface area contributed by atoms with E-state index >= 15 is 0 Å². The molecule has 9 nitrogen and oxygen atoms in total. The third kappa shape index (κ3) is 5.18. The van der Waals surface area contributed by atoms with E-state index < -0.39 is 28.8 Å². The van der Waals surface area contributed by atoms with Gasteiger partial charge in [0.1, 0.15) is 0 Å². The summed E-state index contributed by atoms with van der Waals surface area (Å²) < 4.78 is 5.24. The lowest BCUT2D eigenvalue weighted by Gasteiger charge is -2.18. The number of carbonyl (C=O) groups excluding carboxylic acids is 3. The maximum Gasteiger partial charge on any atom is 0.312 e. The number of nitrogens with one attached hydrogen (secondary N) is 1. The number of halogens is 1. The van der Waals surface area contributed by atoms with Crippen molar-refractivity contribution in [2.45, 2.75) is 26.4 Å². The number of ether oxygens (including phenoxy) is 1. The second-order valence-corrected chi connectivity index (χ2v) is 7.64. The van der Waals surface area contributed by atoms with E-state index in [-0.39, 0.29) is 35.3 Å². The third-order valence-electron chi connectivity index (χ3n) is 4.89. The third-order valence-corrected chi connectivity index (χ3v) is 5.20. The number of non-ortho nitro benzene ring substituents is 1. The van der Waals surface area contributed by atoms with Gasteiger partial charge in [-0.3, -0.25) is 24.5 Å². The highest BCUT2D eigenvalue weighted by Gasteiger charge is 2.37. The Morgan fingerprint density at radius 3 is 2.55 bits per heavy atom. The van der Waals surface area contributed by atoms with Gasteiger partial charge in [0.2, 0.25) is 5.91 Å². The molecule has 1 fully saturated rings. The molecule has 0 radical (unpaired) electrons. The van der Waals surface area contributed by atoms with Crippen LogP contribution in [0.15, 0.2) is 42.5 Å². The van der Waals surface area contributed by atoms with Crippen LogP contribution < -0.4 is 10.2 Å². The molecule has 3 rings (SSSR count). The fourth-order valence-corrected chi connectivity index (χ4v) is 3.34. The van der Waals surface area contributed by atoms with Crippen molar-refractivity contribution in [3.05, 3.63) is 63.2 Å². The number of rotatable bonds is 6. The second kappa shape index (κ2) is 9.13. The maximum absolute atomic E-state index is 12.5. The lowest BCUT2D eigenvalue weighted by molar-refractivity contribution is -0.384. The molecule has 2 unspecified atom stereocenters. The fraction of sp³-hybridized carbons (Fsp3) is 0.286. The van der Waals surface area contributed by atoms with Gasteiger partial charge in [0.15, 0.2) is 6.10 Å². The summed E-state index contributed by atoms with van der Waals surface area (Å²) in [6, 6.07) is 11.0. The Balaban J connectivity index is 1.59. The van der Waals surface area contributed by atoms with Crippen LogP contribution in [-0.4, -0.2) is 35.4 Å². The van der Waals surface area contributed by atoms with Crippen molar-refractivity contribution in [1.29, 1.82) is 0 Å².